The van der Waals surface area contributed by atoms with Crippen LogP contribution in [0.4, 0.5) is 33.5 Å². The molecule has 2 N–H and O–H groups in total. The number of fused-ring (bicyclic) bond motifs is 1. The number of aryl methyl sites for hydroxylation is 2. The first-order chi connectivity index (χ1) is 19.3. The molecule has 0 fully saturated rings. The number of hydrogen-bond acceptors (Lipinski definition) is 6. The van der Waals surface area contributed by atoms with Gasteiger partial charge in [-0.1, -0.05) is 0 Å². The van der Waals surface area contributed by atoms with Crippen LogP contribution >= 0.6 is 0 Å². The van der Waals surface area contributed by atoms with Gasteiger partial charge in [-0.2, -0.15) is 13.2 Å². The molecule has 3 heterocycles. The number of aromatic amines is 1. The Bertz CT molecular complexity index is 1790. The maximum absolute atomic E-state index is 15.3. The monoisotopic (exact) mass is 571 g/mol. The third kappa shape index (κ3) is 5.40. The fraction of sp³-hybridized carbons (Fsp3) is 0.185. The number of carbonyl (C=O) groups is 1. The summed E-state index contributed by atoms with van der Waals surface area (Å²) in [7, 11) is 2.84. The average Bonchev–Trinajstić information content (AvgIpc) is 3.52. The first kappa shape index (κ1) is 27.6. The van der Waals surface area contributed by atoms with Crippen molar-refractivity contribution in [3.8, 4) is 17.3 Å². The highest BCUT2D eigenvalue weighted by Gasteiger charge is 2.32. The quantitative estimate of drug-likeness (QED) is 0.232. The minimum atomic E-state index is -4.69. The summed E-state index contributed by atoms with van der Waals surface area (Å²) in [5, 5.41) is 2.67. The van der Waals surface area contributed by atoms with E-state index in [1.54, 1.807) is 20.0 Å². The smallest absolute Gasteiger partial charge is 0.416 e. The van der Waals surface area contributed by atoms with Gasteiger partial charge in [-0.05, 0) is 38.1 Å². The predicted octanol–water partition coefficient (Wildman–Crippen LogP) is 6.30. The number of benzene rings is 2. The lowest BCUT2D eigenvalue weighted by atomic mass is 10.1. The van der Waals surface area contributed by atoms with Crippen molar-refractivity contribution in [2.75, 3.05) is 19.4 Å². The van der Waals surface area contributed by atoms with Gasteiger partial charge in [-0.3, -0.25) is 4.79 Å². The molecule has 0 atom stereocenters. The molecule has 14 heteroatoms. The topological polar surface area (TPSA) is 101 Å². The number of ether oxygens (including phenoxy) is 1. The van der Waals surface area contributed by atoms with Gasteiger partial charge in [0.2, 0.25) is 5.88 Å². The van der Waals surface area contributed by atoms with E-state index >= 15 is 4.39 Å². The summed E-state index contributed by atoms with van der Waals surface area (Å²) in [6.07, 6.45) is -0.803. The number of anilines is 2. The van der Waals surface area contributed by atoms with Crippen LogP contribution in [0.25, 0.3) is 16.6 Å². The Kier molecular flexibility index (Phi) is 6.85. The molecule has 0 bridgehead atoms. The van der Waals surface area contributed by atoms with Gasteiger partial charge in [-0.15, -0.1) is 0 Å². The second-order valence-corrected chi connectivity index (χ2v) is 9.43. The van der Waals surface area contributed by atoms with E-state index in [1.807, 2.05) is 0 Å². The van der Waals surface area contributed by atoms with E-state index in [9.17, 15) is 22.4 Å². The zero-order chi connectivity index (χ0) is 29.6. The summed E-state index contributed by atoms with van der Waals surface area (Å²) in [5.41, 5.74) is -0.178. The summed E-state index contributed by atoms with van der Waals surface area (Å²) in [4.78, 5) is 29.1. The van der Waals surface area contributed by atoms with Crippen LogP contribution in [0.15, 0.2) is 49.2 Å². The van der Waals surface area contributed by atoms with Gasteiger partial charge < -0.3 is 24.5 Å². The zero-order valence-electron chi connectivity index (χ0n) is 22.1. The van der Waals surface area contributed by atoms with E-state index < -0.39 is 40.9 Å². The van der Waals surface area contributed by atoms with E-state index in [4.69, 9.17) is 4.74 Å². The van der Waals surface area contributed by atoms with Gasteiger partial charge in [0.05, 0.1) is 23.1 Å². The van der Waals surface area contributed by atoms with Gasteiger partial charge >= 0.3 is 6.18 Å². The second-order valence-electron chi connectivity index (χ2n) is 9.43. The molecule has 0 saturated heterocycles. The van der Waals surface area contributed by atoms with Crippen molar-refractivity contribution in [2.24, 2.45) is 0 Å². The lowest BCUT2D eigenvalue weighted by Crippen LogP contribution is -2.24. The molecule has 0 aliphatic rings. The minimum Gasteiger partial charge on any atom is -0.435 e. The number of carbonyl (C=O) groups excluding carboxylic acids is 1. The van der Waals surface area contributed by atoms with Gasteiger partial charge in [0, 0.05) is 48.8 Å². The molecule has 0 saturated carbocycles. The molecule has 2 aromatic carbocycles. The number of hydrogen-bond donors (Lipinski definition) is 2. The van der Waals surface area contributed by atoms with Crippen LogP contribution in [0.2, 0.25) is 0 Å². The number of aromatic nitrogens is 5. The van der Waals surface area contributed by atoms with Crippen molar-refractivity contribution in [2.45, 2.75) is 20.0 Å². The molecule has 212 valence electrons. The molecule has 5 rings (SSSR count). The Morgan fingerprint density at radius 1 is 1.05 bits per heavy atom. The number of rotatable bonds is 6. The number of alkyl halides is 3. The molecule has 41 heavy (non-hydrogen) atoms. The summed E-state index contributed by atoms with van der Waals surface area (Å²) in [5.74, 6) is -3.63. The lowest BCUT2D eigenvalue weighted by Gasteiger charge is -2.18. The number of amides is 1. The normalized spacial score (nSPS) is 11.6. The Morgan fingerprint density at radius 2 is 1.80 bits per heavy atom. The molecular weight excluding hydrogens is 549 g/mol. The predicted molar refractivity (Wildman–Crippen MR) is 140 cm³/mol. The highest BCUT2D eigenvalue weighted by atomic mass is 19.4. The van der Waals surface area contributed by atoms with Crippen molar-refractivity contribution in [3.05, 3.63) is 83.3 Å². The standard InChI is InChI=1S/C27H22F5N7O2/c1-13-5-18-22(29)20(9-19(28)23(18)36-13)41-25-21(26(40)38(3)4)24(33-11-34-25)37-16-6-15(27(30,31)32)7-17(8-16)39-10-14(2)35-12-39/h5-12,36H,1-4H3,(H,33,34,37). The minimum absolute atomic E-state index is 0.0598. The molecule has 0 spiro atoms. The second kappa shape index (κ2) is 10.2. The molecule has 3 aromatic heterocycles. The fourth-order valence-corrected chi connectivity index (χ4v) is 4.17. The summed E-state index contributed by atoms with van der Waals surface area (Å²) in [6, 6.07) is 5.39. The van der Waals surface area contributed by atoms with Crippen molar-refractivity contribution < 1.29 is 31.5 Å². The molecule has 9 nitrogen and oxygen atoms in total. The van der Waals surface area contributed by atoms with E-state index in [-0.39, 0.29) is 33.7 Å². The summed E-state index contributed by atoms with van der Waals surface area (Å²) in [6.45, 7) is 3.32. The molecule has 0 aliphatic carbocycles. The molecule has 0 unspecified atom stereocenters. The molecule has 5 aromatic rings. The van der Waals surface area contributed by atoms with Crippen molar-refractivity contribution in [1.29, 1.82) is 0 Å². The first-order valence-corrected chi connectivity index (χ1v) is 12.0. The molecule has 1 amide bonds. The molecular formula is C27H22F5N7O2. The number of H-pyrrole nitrogens is 1. The van der Waals surface area contributed by atoms with Gasteiger partial charge in [0.25, 0.3) is 5.91 Å². The summed E-state index contributed by atoms with van der Waals surface area (Å²) >= 11 is 0. The number of halogens is 5. The van der Waals surface area contributed by atoms with Gasteiger partial charge in [0.15, 0.2) is 23.2 Å². The number of imidazole rings is 1. The highest BCUT2D eigenvalue weighted by Crippen LogP contribution is 2.37. The van der Waals surface area contributed by atoms with Crippen molar-refractivity contribution in [1.82, 2.24) is 29.4 Å². The molecule has 0 aliphatic heterocycles. The van der Waals surface area contributed by atoms with E-state index in [2.05, 4.69) is 25.3 Å². The lowest BCUT2D eigenvalue weighted by molar-refractivity contribution is -0.137. The Hall–Kier alpha value is -5.01. The van der Waals surface area contributed by atoms with Gasteiger partial charge in [0.1, 0.15) is 11.9 Å². The third-order valence-corrected chi connectivity index (χ3v) is 6.06. The fourth-order valence-electron chi connectivity index (χ4n) is 4.17. The maximum atomic E-state index is 15.3. The molecule has 0 radical (unpaired) electrons. The number of nitrogens with zero attached hydrogens (tertiary/aromatic N) is 5. The Morgan fingerprint density at radius 3 is 2.46 bits per heavy atom. The van der Waals surface area contributed by atoms with E-state index in [0.717, 1.165) is 29.4 Å². The van der Waals surface area contributed by atoms with Crippen LogP contribution < -0.4 is 10.1 Å². The van der Waals surface area contributed by atoms with Gasteiger partial charge in [-0.25, -0.2) is 23.7 Å². The first-order valence-electron chi connectivity index (χ1n) is 12.0. The van der Waals surface area contributed by atoms with Crippen molar-refractivity contribution in [3.63, 3.8) is 0 Å². The van der Waals surface area contributed by atoms with Crippen LogP contribution in [-0.4, -0.2) is 49.4 Å². The Labute approximate surface area is 229 Å². The van der Waals surface area contributed by atoms with E-state index in [1.165, 1.54) is 37.1 Å². The average molecular weight is 572 g/mol. The third-order valence-electron chi connectivity index (χ3n) is 6.06. The van der Waals surface area contributed by atoms with Crippen LogP contribution in [0.3, 0.4) is 0 Å². The van der Waals surface area contributed by atoms with Crippen LogP contribution in [0.1, 0.15) is 27.3 Å². The van der Waals surface area contributed by atoms with Crippen molar-refractivity contribution >= 4 is 28.3 Å². The zero-order valence-corrected chi connectivity index (χ0v) is 22.1. The Balaban J connectivity index is 1.61. The van der Waals surface area contributed by atoms with Crippen LogP contribution in [0.5, 0.6) is 11.6 Å². The SMILES string of the molecule is Cc1cn(-c2cc(Nc3ncnc(Oc4cc(F)c5[nH]c(C)cc5c4F)c3C(=O)N(C)C)cc(C(F)(F)F)c2)cn1. The highest BCUT2D eigenvalue weighted by molar-refractivity contribution is 6.01. The van der Waals surface area contributed by atoms with Crippen LogP contribution in [0, 0.1) is 25.5 Å². The number of nitrogens with one attached hydrogen (secondary N) is 2. The summed E-state index contributed by atoms with van der Waals surface area (Å²) < 4.78 is 78.3. The maximum Gasteiger partial charge on any atom is 0.416 e. The van der Waals surface area contributed by atoms with Crippen LogP contribution in [-0.2, 0) is 6.18 Å². The largest absolute Gasteiger partial charge is 0.435 e. The van der Waals surface area contributed by atoms with E-state index in [0.29, 0.717) is 11.4 Å².